The monoisotopic (exact) mass is 187 g/mol. The third-order valence-corrected chi connectivity index (χ3v) is 2.72. The second-order valence-corrected chi connectivity index (χ2v) is 4.50. The molecule has 0 saturated heterocycles. The van der Waals surface area contributed by atoms with Crippen molar-refractivity contribution in [1.29, 1.82) is 0 Å². The zero-order chi connectivity index (χ0) is 10.3. The lowest BCUT2D eigenvalue weighted by Crippen LogP contribution is -2.43. The van der Waals surface area contributed by atoms with Crippen molar-refractivity contribution < 1.29 is 5.11 Å². The summed E-state index contributed by atoms with van der Waals surface area (Å²) in [7, 11) is 0. The SMILES string of the molecule is CCC(C)(CCO)NCCC(C)C. The molecule has 0 aliphatic rings. The van der Waals surface area contributed by atoms with E-state index in [9.17, 15) is 0 Å². The Morgan fingerprint density at radius 2 is 2.00 bits per heavy atom. The first-order chi connectivity index (χ1) is 6.04. The second-order valence-electron chi connectivity index (χ2n) is 4.50. The van der Waals surface area contributed by atoms with Crippen molar-refractivity contribution in [3.63, 3.8) is 0 Å². The van der Waals surface area contributed by atoms with Gasteiger partial charge in [0.25, 0.3) is 0 Å². The Balaban J connectivity index is 3.69. The first-order valence-electron chi connectivity index (χ1n) is 5.40. The Hall–Kier alpha value is -0.0800. The lowest BCUT2D eigenvalue weighted by atomic mass is 9.94. The van der Waals surface area contributed by atoms with Gasteiger partial charge in [-0.25, -0.2) is 0 Å². The summed E-state index contributed by atoms with van der Waals surface area (Å²) in [6.45, 7) is 10.1. The summed E-state index contributed by atoms with van der Waals surface area (Å²) in [5.41, 5.74) is 0.129. The van der Waals surface area contributed by atoms with Crippen molar-refractivity contribution in [2.45, 2.75) is 52.5 Å². The summed E-state index contributed by atoms with van der Waals surface area (Å²) in [5.74, 6) is 0.753. The van der Waals surface area contributed by atoms with Crippen LogP contribution in [0.1, 0.15) is 47.0 Å². The molecule has 0 amide bonds. The van der Waals surface area contributed by atoms with Crippen LogP contribution in [0.3, 0.4) is 0 Å². The molecule has 0 radical (unpaired) electrons. The van der Waals surface area contributed by atoms with E-state index in [0.717, 1.165) is 25.3 Å². The van der Waals surface area contributed by atoms with Crippen molar-refractivity contribution >= 4 is 0 Å². The van der Waals surface area contributed by atoms with Gasteiger partial charge in [-0.1, -0.05) is 20.8 Å². The highest BCUT2D eigenvalue weighted by Crippen LogP contribution is 2.13. The largest absolute Gasteiger partial charge is 0.396 e. The van der Waals surface area contributed by atoms with Crippen molar-refractivity contribution in [2.24, 2.45) is 5.92 Å². The molecule has 80 valence electrons. The highest BCUT2D eigenvalue weighted by atomic mass is 16.3. The smallest absolute Gasteiger partial charge is 0.0448 e. The predicted octanol–water partition coefficient (Wildman–Crippen LogP) is 2.17. The minimum atomic E-state index is 0.129. The molecule has 13 heavy (non-hydrogen) atoms. The number of nitrogens with one attached hydrogen (secondary N) is 1. The van der Waals surface area contributed by atoms with Gasteiger partial charge in [0.2, 0.25) is 0 Å². The van der Waals surface area contributed by atoms with Crippen LogP contribution >= 0.6 is 0 Å². The fourth-order valence-corrected chi connectivity index (χ4v) is 1.30. The Labute approximate surface area is 82.7 Å². The highest BCUT2D eigenvalue weighted by molar-refractivity contribution is 4.80. The molecule has 0 rings (SSSR count). The fraction of sp³-hybridized carbons (Fsp3) is 1.00. The summed E-state index contributed by atoms with van der Waals surface area (Å²) in [4.78, 5) is 0. The van der Waals surface area contributed by atoms with Gasteiger partial charge in [0.1, 0.15) is 0 Å². The number of rotatable bonds is 7. The van der Waals surface area contributed by atoms with Gasteiger partial charge >= 0.3 is 0 Å². The average Bonchev–Trinajstić information content (AvgIpc) is 2.04. The number of aliphatic hydroxyl groups is 1. The van der Waals surface area contributed by atoms with Crippen LogP contribution in [0.25, 0.3) is 0 Å². The van der Waals surface area contributed by atoms with E-state index in [1.807, 2.05) is 0 Å². The Kier molecular flexibility index (Phi) is 6.35. The van der Waals surface area contributed by atoms with Gasteiger partial charge in [-0.05, 0) is 38.6 Å². The van der Waals surface area contributed by atoms with E-state index in [4.69, 9.17) is 5.11 Å². The molecule has 0 aromatic heterocycles. The number of aliphatic hydroxyl groups excluding tert-OH is 1. The van der Waals surface area contributed by atoms with E-state index in [0.29, 0.717) is 0 Å². The van der Waals surface area contributed by atoms with Crippen molar-refractivity contribution in [2.75, 3.05) is 13.2 Å². The summed E-state index contributed by atoms with van der Waals surface area (Å²) < 4.78 is 0. The maximum atomic E-state index is 8.90. The molecule has 2 nitrogen and oxygen atoms in total. The first-order valence-corrected chi connectivity index (χ1v) is 5.40. The molecule has 1 unspecified atom stereocenters. The molecule has 0 spiro atoms. The van der Waals surface area contributed by atoms with Crippen molar-refractivity contribution in [3.05, 3.63) is 0 Å². The van der Waals surface area contributed by atoms with Gasteiger partial charge in [-0.3, -0.25) is 0 Å². The minimum absolute atomic E-state index is 0.129. The molecule has 0 fully saturated rings. The molecule has 0 aliphatic carbocycles. The van der Waals surface area contributed by atoms with E-state index >= 15 is 0 Å². The molecule has 0 heterocycles. The first kappa shape index (κ1) is 12.9. The highest BCUT2D eigenvalue weighted by Gasteiger charge is 2.19. The van der Waals surface area contributed by atoms with E-state index < -0.39 is 0 Å². The Morgan fingerprint density at radius 3 is 2.38 bits per heavy atom. The summed E-state index contributed by atoms with van der Waals surface area (Å²) in [6, 6.07) is 0. The molecule has 0 saturated carbocycles. The van der Waals surface area contributed by atoms with Crippen LogP contribution in [-0.2, 0) is 0 Å². The van der Waals surface area contributed by atoms with Crippen LogP contribution in [0.4, 0.5) is 0 Å². The van der Waals surface area contributed by atoms with Gasteiger partial charge in [0.15, 0.2) is 0 Å². The fourth-order valence-electron chi connectivity index (χ4n) is 1.30. The normalized spacial score (nSPS) is 16.2. The maximum Gasteiger partial charge on any atom is 0.0448 e. The molecule has 0 aromatic carbocycles. The van der Waals surface area contributed by atoms with Gasteiger partial charge in [-0.15, -0.1) is 0 Å². The van der Waals surface area contributed by atoms with Gasteiger partial charge < -0.3 is 10.4 Å². The van der Waals surface area contributed by atoms with Crippen LogP contribution < -0.4 is 5.32 Å². The van der Waals surface area contributed by atoms with Crippen LogP contribution in [0, 0.1) is 5.92 Å². The van der Waals surface area contributed by atoms with Crippen LogP contribution in [0.15, 0.2) is 0 Å². The molecule has 2 N–H and O–H groups in total. The zero-order valence-electron chi connectivity index (χ0n) is 9.56. The van der Waals surface area contributed by atoms with E-state index in [1.54, 1.807) is 0 Å². The van der Waals surface area contributed by atoms with Crippen LogP contribution in [0.2, 0.25) is 0 Å². The predicted molar refractivity (Wildman–Crippen MR) is 57.9 cm³/mol. The molecule has 0 bridgehead atoms. The van der Waals surface area contributed by atoms with Crippen molar-refractivity contribution in [1.82, 2.24) is 5.32 Å². The Bertz CT molecular complexity index is 125. The standard InChI is InChI=1S/C11H25NO/c1-5-11(4,7-9-13)12-8-6-10(2)3/h10,12-13H,5-9H2,1-4H3. The van der Waals surface area contributed by atoms with Crippen LogP contribution in [0.5, 0.6) is 0 Å². The average molecular weight is 187 g/mol. The lowest BCUT2D eigenvalue weighted by molar-refractivity contribution is 0.214. The summed E-state index contributed by atoms with van der Waals surface area (Å²) in [5, 5.41) is 12.4. The van der Waals surface area contributed by atoms with Gasteiger partial charge in [0.05, 0.1) is 0 Å². The van der Waals surface area contributed by atoms with Gasteiger partial charge in [0, 0.05) is 12.1 Å². The molecule has 0 aliphatic heterocycles. The van der Waals surface area contributed by atoms with E-state index in [1.165, 1.54) is 6.42 Å². The number of hydrogen-bond donors (Lipinski definition) is 2. The maximum absolute atomic E-state index is 8.90. The van der Waals surface area contributed by atoms with E-state index in [2.05, 4.69) is 33.0 Å². The molecule has 1 atom stereocenters. The number of hydrogen-bond acceptors (Lipinski definition) is 2. The van der Waals surface area contributed by atoms with Crippen molar-refractivity contribution in [3.8, 4) is 0 Å². The van der Waals surface area contributed by atoms with Gasteiger partial charge in [-0.2, -0.15) is 0 Å². The summed E-state index contributed by atoms with van der Waals surface area (Å²) >= 11 is 0. The molecule has 2 heteroatoms. The lowest BCUT2D eigenvalue weighted by Gasteiger charge is -2.29. The third kappa shape index (κ3) is 6.05. The second kappa shape index (κ2) is 6.39. The summed E-state index contributed by atoms with van der Waals surface area (Å²) in [6.07, 6.45) is 3.13. The zero-order valence-corrected chi connectivity index (χ0v) is 9.56. The molecule has 0 aromatic rings. The van der Waals surface area contributed by atoms with Crippen LogP contribution in [-0.4, -0.2) is 23.8 Å². The quantitative estimate of drug-likeness (QED) is 0.640. The third-order valence-electron chi connectivity index (χ3n) is 2.72. The minimum Gasteiger partial charge on any atom is -0.396 e. The Morgan fingerprint density at radius 1 is 1.38 bits per heavy atom. The topological polar surface area (TPSA) is 32.3 Å². The van der Waals surface area contributed by atoms with E-state index in [-0.39, 0.29) is 12.1 Å². The molecular weight excluding hydrogens is 162 g/mol. The molecular formula is C11H25NO.